The molecule has 0 aliphatic rings. The maximum Gasteiger partial charge on any atom is 0.212 e. The minimum atomic E-state index is 0.711. The minimum Gasteiger partial charge on any atom is -0.355 e. The Morgan fingerprint density at radius 3 is 2.93 bits per heavy atom. The summed E-state index contributed by atoms with van der Waals surface area (Å²) in [6.07, 6.45) is 3.71. The van der Waals surface area contributed by atoms with E-state index >= 15 is 0 Å². The molecule has 2 aromatic rings. The van der Waals surface area contributed by atoms with E-state index in [1.165, 1.54) is 0 Å². The van der Waals surface area contributed by atoms with Crippen LogP contribution in [0.25, 0.3) is 15.7 Å². The molecule has 0 aliphatic carbocycles. The second-order valence-corrected chi connectivity index (χ2v) is 3.08. The molecule has 0 amide bonds. The quantitative estimate of drug-likeness (QED) is 0.497. The zero-order chi connectivity index (χ0) is 9.97. The number of fused-ring (bicyclic) bond motifs is 1. The lowest BCUT2D eigenvalue weighted by Crippen LogP contribution is -1.90. The lowest BCUT2D eigenvalue weighted by Gasteiger charge is -1.99. The van der Waals surface area contributed by atoms with Crippen LogP contribution in [0.1, 0.15) is 0 Å². The van der Waals surface area contributed by atoms with E-state index in [1.807, 2.05) is 41.1 Å². The third-order valence-corrected chi connectivity index (χ3v) is 2.21. The van der Waals surface area contributed by atoms with Gasteiger partial charge in [0.05, 0.1) is 6.57 Å². The predicted molar refractivity (Wildman–Crippen MR) is 58.4 cm³/mol. The van der Waals surface area contributed by atoms with Gasteiger partial charge in [-0.2, -0.15) is 0 Å². The lowest BCUT2D eigenvalue weighted by molar-refractivity contribution is 0.867. The summed E-state index contributed by atoms with van der Waals surface area (Å²) in [6.45, 7) is 11.5. The van der Waals surface area contributed by atoms with E-state index in [4.69, 9.17) is 6.57 Å². The number of benzene rings is 1. The molecule has 1 aromatic heterocycles. The second kappa shape index (κ2) is 3.39. The molecule has 2 heteroatoms. The average molecular weight is 182 g/mol. The molecule has 0 saturated carbocycles. The number of nitrogens with zero attached hydrogens (tertiary/aromatic N) is 2. The molecule has 2 rings (SSSR count). The highest BCUT2D eigenvalue weighted by Gasteiger charge is 2.05. The molecule has 0 N–H and O–H groups in total. The average Bonchev–Trinajstić information content (AvgIpc) is 2.58. The molecule has 0 saturated heterocycles. The fraction of sp³-hybridized carbons (Fsp3) is 0.0833. The summed E-state index contributed by atoms with van der Waals surface area (Å²) >= 11 is 0. The van der Waals surface area contributed by atoms with Crippen LogP contribution in [-0.4, -0.2) is 4.57 Å². The zero-order valence-electron chi connectivity index (χ0n) is 7.77. The van der Waals surface area contributed by atoms with Crippen LogP contribution < -0.4 is 0 Å². The molecule has 0 atom stereocenters. The third-order valence-electron chi connectivity index (χ3n) is 2.21. The van der Waals surface area contributed by atoms with Crippen molar-refractivity contribution in [2.75, 3.05) is 0 Å². The fourth-order valence-electron chi connectivity index (χ4n) is 1.61. The first-order valence-corrected chi connectivity index (χ1v) is 4.43. The minimum absolute atomic E-state index is 0.711. The van der Waals surface area contributed by atoms with E-state index in [1.54, 1.807) is 0 Å². The van der Waals surface area contributed by atoms with Gasteiger partial charge in [0.1, 0.15) is 0 Å². The Bertz CT molecular complexity index is 515. The number of rotatable bonds is 2. The molecule has 0 fully saturated rings. The summed E-state index contributed by atoms with van der Waals surface area (Å²) in [7, 11) is 0. The van der Waals surface area contributed by atoms with Gasteiger partial charge in [0, 0.05) is 23.6 Å². The van der Waals surface area contributed by atoms with Crippen LogP contribution in [-0.2, 0) is 6.54 Å². The maximum atomic E-state index is 7.06. The SMILES string of the molecule is [C-]#[N+]c1cn(CC=C)c2ccccc12. The molecule has 0 unspecified atom stereocenters. The van der Waals surface area contributed by atoms with E-state index in [2.05, 4.69) is 11.4 Å². The molecule has 0 spiro atoms. The summed E-state index contributed by atoms with van der Waals surface area (Å²) in [5.74, 6) is 0. The van der Waals surface area contributed by atoms with Gasteiger partial charge in [0.25, 0.3) is 0 Å². The van der Waals surface area contributed by atoms with E-state index in [-0.39, 0.29) is 0 Å². The van der Waals surface area contributed by atoms with Gasteiger partial charge in [0.2, 0.25) is 5.69 Å². The Labute approximate surface area is 82.9 Å². The number of para-hydroxylation sites is 1. The van der Waals surface area contributed by atoms with E-state index in [0.717, 1.165) is 17.4 Å². The molecule has 0 aliphatic heterocycles. The standard InChI is InChI=1S/C12H10N2/c1-3-8-14-9-11(13-2)10-6-4-5-7-12(10)14/h3-7,9H,1,8H2. The third kappa shape index (κ3) is 1.20. The van der Waals surface area contributed by atoms with Gasteiger partial charge in [0.15, 0.2) is 0 Å². The summed E-state index contributed by atoms with van der Waals surface area (Å²) in [5, 5.41) is 1.02. The van der Waals surface area contributed by atoms with Crippen molar-refractivity contribution in [3.8, 4) is 0 Å². The van der Waals surface area contributed by atoms with Gasteiger partial charge in [-0.05, 0) is 6.07 Å². The molecule has 14 heavy (non-hydrogen) atoms. The predicted octanol–water partition coefficient (Wildman–Crippen LogP) is 3.38. The van der Waals surface area contributed by atoms with Crippen LogP contribution in [0.3, 0.4) is 0 Å². The first kappa shape index (κ1) is 8.58. The van der Waals surface area contributed by atoms with Crippen molar-refractivity contribution in [2.24, 2.45) is 0 Å². The summed E-state index contributed by atoms with van der Waals surface area (Å²) in [5.41, 5.74) is 1.81. The maximum absolute atomic E-state index is 7.06. The largest absolute Gasteiger partial charge is 0.355 e. The van der Waals surface area contributed by atoms with Crippen molar-refractivity contribution >= 4 is 16.6 Å². The fourth-order valence-corrected chi connectivity index (χ4v) is 1.61. The topological polar surface area (TPSA) is 9.29 Å². The first-order chi connectivity index (χ1) is 6.86. The van der Waals surface area contributed by atoms with Gasteiger partial charge < -0.3 is 4.57 Å². The van der Waals surface area contributed by atoms with Crippen LogP contribution in [0.2, 0.25) is 0 Å². The van der Waals surface area contributed by atoms with Crippen LogP contribution in [0.5, 0.6) is 0 Å². The number of hydrogen-bond donors (Lipinski definition) is 0. The molecule has 1 aromatic carbocycles. The highest BCUT2D eigenvalue weighted by Crippen LogP contribution is 2.27. The molecule has 2 nitrogen and oxygen atoms in total. The molecular formula is C12H10N2. The van der Waals surface area contributed by atoms with Crippen molar-refractivity contribution in [1.82, 2.24) is 4.57 Å². The van der Waals surface area contributed by atoms with Crippen molar-refractivity contribution in [3.05, 3.63) is 54.5 Å². The van der Waals surface area contributed by atoms with Crippen LogP contribution in [0.15, 0.2) is 43.1 Å². The van der Waals surface area contributed by atoms with Crippen LogP contribution >= 0.6 is 0 Å². The highest BCUT2D eigenvalue weighted by molar-refractivity contribution is 5.93. The zero-order valence-corrected chi connectivity index (χ0v) is 7.77. The molecule has 68 valence electrons. The van der Waals surface area contributed by atoms with Gasteiger partial charge in [-0.25, -0.2) is 4.85 Å². The Kier molecular flexibility index (Phi) is 2.08. The van der Waals surface area contributed by atoms with Gasteiger partial charge >= 0.3 is 0 Å². The van der Waals surface area contributed by atoms with Crippen molar-refractivity contribution in [2.45, 2.75) is 6.54 Å². The molecule has 0 bridgehead atoms. The lowest BCUT2D eigenvalue weighted by atomic mass is 10.2. The number of aromatic nitrogens is 1. The Balaban J connectivity index is 2.74. The monoisotopic (exact) mass is 182 g/mol. The van der Waals surface area contributed by atoms with Crippen LogP contribution in [0.4, 0.5) is 5.69 Å². The Morgan fingerprint density at radius 2 is 2.21 bits per heavy atom. The Hall–Kier alpha value is -2.01. The first-order valence-electron chi connectivity index (χ1n) is 4.43. The van der Waals surface area contributed by atoms with Crippen LogP contribution in [0, 0.1) is 6.57 Å². The second-order valence-electron chi connectivity index (χ2n) is 3.08. The highest BCUT2D eigenvalue weighted by atomic mass is 15.0. The summed E-state index contributed by atoms with van der Waals surface area (Å²) in [6, 6.07) is 7.93. The van der Waals surface area contributed by atoms with Gasteiger partial charge in [-0.1, -0.05) is 24.3 Å². The van der Waals surface area contributed by atoms with E-state index < -0.39 is 0 Å². The molecular weight excluding hydrogens is 172 g/mol. The number of allylic oxidation sites excluding steroid dienone is 1. The number of hydrogen-bond acceptors (Lipinski definition) is 0. The Morgan fingerprint density at radius 1 is 1.43 bits per heavy atom. The van der Waals surface area contributed by atoms with Gasteiger partial charge in [-0.3, -0.25) is 0 Å². The van der Waals surface area contributed by atoms with Crippen molar-refractivity contribution in [1.29, 1.82) is 0 Å². The summed E-state index contributed by atoms with van der Waals surface area (Å²) < 4.78 is 2.04. The van der Waals surface area contributed by atoms with E-state index in [0.29, 0.717) is 5.69 Å². The summed E-state index contributed by atoms with van der Waals surface area (Å²) in [4.78, 5) is 3.50. The van der Waals surface area contributed by atoms with Crippen molar-refractivity contribution in [3.63, 3.8) is 0 Å². The molecule has 0 radical (unpaired) electrons. The molecule has 1 heterocycles. The normalized spacial score (nSPS) is 9.93. The van der Waals surface area contributed by atoms with E-state index in [9.17, 15) is 0 Å². The van der Waals surface area contributed by atoms with Crippen molar-refractivity contribution < 1.29 is 0 Å². The smallest absolute Gasteiger partial charge is 0.212 e. The van der Waals surface area contributed by atoms with Gasteiger partial charge in [-0.15, -0.1) is 6.58 Å².